The molecular weight excluding hydrogens is 328 g/mol. The molecule has 2 N–H and O–H groups in total. The van der Waals surface area contributed by atoms with E-state index in [0.29, 0.717) is 5.69 Å². The van der Waals surface area contributed by atoms with Crippen LogP contribution in [0.3, 0.4) is 0 Å². The van der Waals surface area contributed by atoms with Crippen LogP contribution in [0.25, 0.3) is 10.9 Å². The molecule has 0 fully saturated rings. The fourth-order valence-corrected chi connectivity index (χ4v) is 2.69. The SMILES string of the molecule is Cc1ccc(O)c(Nc2cc(C)nc3ccc(Br)cc23)c1. The second-order valence-corrected chi connectivity index (χ2v) is 6.03. The van der Waals surface area contributed by atoms with Crippen LogP contribution in [0.1, 0.15) is 11.3 Å². The molecule has 4 heteroatoms. The van der Waals surface area contributed by atoms with Gasteiger partial charge in [-0.25, -0.2) is 0 Å². The number of aryl methyl sites for hydroxylation is 2. The maximum atomic E-state index is 10.0. The van der Waals surface area contributed by atoms with Gasteiger partial charge in [-0.2, -0.15) is 0 Å². The average molecular weight is 343 g/mol. The van der Waals surface area contributed by atoms with Gasteiger partial charge in [0.05, 0.1) is 11.2 Å². The van der Waals surface area contributed by atoms with Crippen LogP contribution in [-0.4, -0.2) is 10.1 Å². The number of hydrogen-bond donors (Lipinski definition) is 2. The van der Waals surface area contributed by atoms with Gasteiger partial charge < -0.3 is 10.4 Å². The van der Waals surface area contributed by atoms with E-state index in [-0.39, 0.29) is 5.75 Å². The molecule has 0 saturated carbocycles. The van der Waals surface area contributed by atoms with Crippen molar-refractivity contribution in [3.05, 3.63) is 58.2 Å². The maximum absolute atomic E-state index is 10.0. The minimum atomic E-state index is 0.234. The van der Waals surface area contributed by atoms with Gasteiger partial charge in [-0.15, -0.1) is 0 Å². The number of halogens is 1. The quantitative estimate of drug-likeness (QED) is 0.639. The molecule has 3 rings (SSSR count). The van der Waals surface area contributed by atoms with Gasteiger partial charge in [-0.3, -0.25) is 4.98 Å². The largest absolute Gasteiger partial charge is 0.506 e. The summed E-state index contributed by atoms with van der Waals surface area (Å²) in [5.41, 5.74) is 4.57. The number of phenols is 1. The molecule has 0 saturated heterocycles. The molecule has 0 atom stereocenters. The summed E-state index contributed by atoms with van der Waals surface area (Å²) in [6.07, 6.45) is 0. The minimum Gasteiger partial charge on any atom is -0.506 e. The Bertz CT molecular complexity index is 830. The van der Waals surface area contributed by atoms with Crippen LogP contribution >= 0.6 is 15.9 Å². The third kappa shape index (κ3) is 2.85. The van der Waals surface area contributed by atoms with Crippen molar-refractivity contribution in [3.63, 3.8) is 0 Å². The van der Waals surface area contributed by atoms with Gasteiger partial charge in [-0.1, -0.05) is 22.0 Å². The molecule has 0 aliphatic carbocycles. The first-order chi connectivity index (χ1) is 10.0. The second-order valence-electron chi connectivity index (χ2n) is 5.12. The first kappa shape index (κ1) is 13.9. The van der Waals surface area contributed by atoms with Crippen LogP contribution in [0.4, 0.5) is 11.4 Å². The van der Waals surface area contributed by atoms with E-state index in [0.717, 1.165) is 32.3 Å². The van der Waals surface area contributed by atoms with Crippen molar-refractivity contribution < 1.29 is 5.11 Å². The number of pyridine rings is 1. The Morgan fingerprint density at radius 3 is 2.62 bits per heavy atom. The van der Waals surface area contributed by atoms with Crippen molar-refractivity contribution in [2.24, 2.45) is 0 Å². The van der Waals surface area contributed by atoms with Crippen molar-refractivity contribution >= 4 is 38.2 Å². The first-order valence-electron chi connectivity index (χ1n) is 6.66. The van der Waals surface area contributed by atoms with Gasteiger partial charge in [-0.05, 0) is 55.8 Å². The smallest absolute Gasteiger partial charge is 0.139 e. The van der Waals surface area contributed by atoms with Gasteiger partial charge >= 0.3 is 0 Å². The lowest BCUT2D eigenvalue weighted by atomic mass is 10.1. The van der Waals surface area contributed by atoms with Crippen LogP contribution in [0, 0.1) is 13.8 Å². The van der Waals surface area contributed by atoms with Crippen LogP contribution in [-0.2, 0) is 0 Å². The van der Waals surface area contributed by atoms with E-state index in [9.17, 15) is 5.11 Å². The highest BCUT2D eigenvalue weighted by Crippen LogP contribution is 2.32. The van der Waals surface area contributed by atoms with Crippen molar-refractivity contribution in [2.75, 3.05) is 5.32 Å². The molecule has 1 aromatic heterocycles. The van der Waals surface area contributed by atoms with Gasteiger partial charge in [0.25, 0.3) is 0 Å². The zero-order valence-corrected chi connectivity index (χ0v) is 13.4. The lowest BCUT2D eigenvalue weighted by Crippen LogP contribution is -1.95. The maximum Gasteiger partial charge on any atom is 0.139 e. The second kappa shape index (κ2) is 5.37. The predicted octanol–water partition coefficient (Wildman–Crippen LogP) is 5.06. The Morgan fingerprint density at radius 1 is 1.00 bits per heavy atom. The number of nitrogens with zero attached hydrogens (tertiary/aromatic N) is 1. The molecule has 0 radical (unpaired) electrons. The molecule has 0 aliphatic rings. The summed E-state index contributed by atoms with van der Waals surface area (Å²) < 4.78 is 0.997. The fourth-order valence-electron chi connectivity index (χ4n) is 2.33. The zero-order chi connectivity index (χ0) is 15.0. The summed E-state index contributed by atoms with van der Waals surface area (Å²) in [6.45, 7) is 3.96. The van der Waals surface area contributed by atoms with Crippen LogP contribution in [0.5, 0.6) is 5.75 Å². The van der Waals surface area contributed by atoms with Crippen molar-refractivity contribution in [1.82, 2.24) is 4.98 Å². The number of fused-ring (bicyclic) bond motifs is 1. The Morgan fingerprint density at radius 2 is 1.81 bits per heavy atom. The van der Waals surface area contributed by atoms with Gasteiger partial charge in [0.15, 0.2) is 0 Å². The van der Waals surface area contributed by atoms with Crippen LogP contribution < -0.4 is 5.32 Å². The molecular formula is C17H15BrN2O. The number of hydrogen-bond acceptors (Lipinski definition) is 3. The number of nitrogens with one attached hydrogen (secondary N) is 1. The standard InChI is InChI=1S/C17H15BrN2O/c1-10-3-6-17(21)16(7-10)20-15-8-11(2)19-14-5-4-12(18)9-13(14)15/h3-9,21H,1-2H3,(H,19,20). The molecule has 0 amide bonds. The first-order valence-corrected chi connectivity index (χ1v) is 7.46. The van der Waals surface area contributed by atoms with Crippen molar-refractivity contribution in [2.45, 2.75) is 13.8 Å². The number of phenolic OH excluding ortho intramolecular Hbond substituents is 1. The highest BCUT2D eigenvalue weighted by molar-refractivity contribution is 9.10. The number of aromatic hydroxyl groups is 1. The molecule has 2 aromatic carbocycles. The Labute approximate surface area is 131 Å². The van der Waals surface area contributed by atoms with E-state index < -0.39 is 0 Å². The van der Waals surface area contributed by atoms with Gasteiger partial charge in [0.2, 0.25) is 0 Å². The number of benzene rings is 2. The van der Waals surface area contributed by atoms with E-state index in [1.165, 1.54) is 0 Å². The summed E-state index contributed by atoms with van der Waals surface area (Å²) in [4.78, 5) is 4.54. The van der Waals surface area contributed by atoms with Crippen molar-refractivity contribution in [3.8, 4) is 5.75 Å². The van der Waals surface area contributed by atoms with E-state index in [2.05, 4.69) is 26.2 Å². The molecule has 3 aromatic rings. The highest BCUT2D eigenvalue weighted by Gasteiger charge is 2.08. The molecule has 106 valence electrons. The topological polar surface area (TPSA) is 45.1 Å². The van der Waals surface area contributed by atoms with Gasteiger partial charge in [0, 0.05) is 21.2 Å². The number of anilines is 2. The Kier molecular flexibility index (Phi) is 3.55. The van der Waals surface area contributed by atoms with Crippen LogP contribution in [0.2, 0.25) is 0 Å². The summed E-state index contributed by atoms with van der Waals surface area (Å²) in [5.74, 6) is 0.234. The lowest BCUT2D eigenvalue weighted by Gasteiger charge is -2.13. The summed E-state index contributed by atoms with van der Waals surface area (Å²) >= 11 is 3.49. The Balaban J connectivity index is 2.15. The molecule has 3 nitrogen and oxygen atoms in total. The third-order valence-electron chi connectivity index (χ3n) is 3.32. The Hall–Kier alpha value is -2.07. The zero-order valence-electron chi connectivity index (χ0n) is 11.8. The molecule has 0 unspecified atom stereocenters. The molecule has 0 spiro atoms. The van der Waals surface area contributed by atoms with Crippen LogP contribution in [0.15, 0.2) is 46.9 Å². The summed E-state index contributed by atoms with van der Waals surface area (Å²) in [5, 5.41) is 14.3. The molecule has 1 heterocycles. The van der Waals surface area contributed by atoms with E-state index in [4.69, 9.17) is 0 Å². The molecule has 0 bridgehead atoms. The van der Waals surface area contributed by atoms with E-state index in [1.807, 2.05) is 50.2 Å². The third-order valence-corrected chi connectivity index (χ3v) is 3.81. The van der Waals surface area contributed by atoms with Crippen molar-refractivity contribution in [1.29, 1.82) is 0 Å². The highest BCUT2D eigenvalue weighted by atomic mass is 79.9. The fraction of sp³-hybridized carbons (Fsp3) is 0.118. The number of aromatic nitrogens is 1. The predicted molar refractivity (Wildman–Crippen MR) is 90.3 cm³/mol. The molecule has 21 heavy (non-hydrogen) atoms. The van der Waals surface area contributed by atoms with E-state index >= 15 is 0 Å². The normalized spacial score (nSPS) is 10.8. The minimum absolute atomic E-state index is 0.234. The monoisotopic (exact) mass is 342 g/mol. The lowest BCUT2D eigenvalue weighted by molar-refractivity contribution is 0.477. The van der Waals surface area contributed by atoms with Gasteiger partial charge in [0.1, 0.15) is 5.75 Å². The van der Waals surface area contributed by atoms with E-state index in [1.54, 1.807) is 6.07 Å². The summed E-state index contributed by atoms with van der Waals surface area (Å²) in [7, 11) is 0. The molecule has 0 aliphatic heterocycles. The average Bonchev–Trinajstić information content (AvgIpc) is 2.43. The summed E-state index contributed by atoms with van der Waals surface area (Å²) in [6, 6.07) is 13.5. The number of rotatable bonds is 2.